The number of amides is 2. The van der Waals surface area contributed by atoms with Gasteiger partial charge in [-0.25, -0.2) is 9.78 Å². The number of aliphatic hydroxyl groups excluding tert-OH is 1. The maximum Gasteiger partial charge on any atom is 0.319 e. The normalized spacial score (nSPS) is 13.5. The largest absolute Gasteiger partial charge is 0.441 e. The molecule has 6 nitrogen and oxygen atoms in total. The van der Waals surface area contributed by atoms with Crippen LogP contribution < -0.4 is 10.6 Å². The summed E-state index contributed by atoms with van der Waals surface area (Å²) in [6.45, 7) is 7.84. The predicted molar refractivity (Wildman–Crippen MR) is 98.6 cm³/mol. The Hall–Kier alpha value is -2.34. The second-order valence-corrected chi connectivity index (χ2v) is 6.85. The first-order valence-corrected chi connectivity index (χ1v) is 8.63. The Bertz CT molecular complexity index is 694. The van der Waals surface area contributed by atoms with Gasteiger partial charge in [0.2, 0.25) is 5.89 Å². The molecule has 1 aromatic heterocycles. The molecule has 6 heteroatoms. The number of carbonyl (C=O) groups is 1. The first-order chi connectivity index (χ1) is 11.9. The van der Waals surface area contributed by atoms with E-state index in [1.165, 1.54) is 0 Å². The van der Waals surface area contributed by atoms with Crippen LogP contribution in [-0.4, -0.2) is 28.3 Å². The summed E-state index contributed by atoms with van der Waals surface area (Å²) in [6.07, 6.45) is 3.32. The van der Waals surface area contributed by atoms with Gasteiger partial charge in [-0.2, -0.15) is 0 Å². The number of hydrogen-bond acceptors (Lipinski definition) is 4. The third kappa shape index (κ3) is 5.06. The third-order valence-electron chi connectivity index (χ3n) is 4.05. The molecule has 0 spiro atoms. The summed E-state index contributed by atoms with van der Waals surface area (Å²) in [5.74, 6) is 1.70. The van der Waals surface area contributed by atoms with E-state index in [1.807, 2.05) is 26.0 Å². The van der Waals surface area contributed by atoms with Crippen molar-refractivity contribution in [3.05, 3.63) is 36.2 Å². The number of nitrogens with zero attached hydrogens (tertiary/aromatic N) is 1. The Labute approximate surface area is 148 Å². The van der Waals surface area contributed by atoms with Crippen LogP contribution >= 0.6 is 0 Å². The number of benzene rings is 1. The molecule has 0 fully saturated rings. The van der Waals surface area contributed by atoms with E-state index in [-0.39, 0.29) is 18.6 Å². The van der Waals surface area contributed by atoms with E-state index in [9.17, 15) is 9.90 Å². The van der Waals surface area contributed by atoms with Gasteiger partial charge in [0.1, 0.15) is 5.76 Å². The molecule has 0 aliphatic carbocycles. The van der Waals surface area contributed by atoms with Gasteiger partial charge in [0.25, 0.3) is 0 Å². The minimum atomic E-state index is -0.621. The lowest BCUT2D eigenvalue weighted by molar-refractivity contribution is 0.167. The van der Waals surface area contributed by atoms with Crippen LogP contribution in [0.25, 0.3) is 11.5 Å². The number of nitrogens with one attached hydrogen (secondary N) is 2. The standard InChI is InChI=1S/C19H27N3O3/c1-5-10-19(4,12-23)22-18(24)21-15-8-6-14(7-9-15)17-20-11-16(25-17)13(2)3/h6-9,11,13,23H,5,10,12H2,1-4H3,(H2,21,22,24). The van der Waals surface area contributed by atoms with Crippen molar-refractivity contribution in [3.8, 4) is 11.5 Å². The van der Waals surface area contributed by atoms with Crippen molar-refractivity contribution < 1.29 is 14.3 Å². The van der Waals surface area contributed by atoms with E-state index in [0.29, 0.717) is 18.0 Å². The number of carbonyl (C=O) groups excluding carboxylic acids is 1. The van der Waals surface area contributed by atoms with Crippen molar-refractivity contribution in [1.29, 1.82) is 0 Å². The lowest BCUT2D eigenvalue weighted by Crippen LogP contribution is -2.50. The average Bonchev–Trinajstić information content (AvgIpc) is 3.06. The summed E-state index contributed by atoms with van der Waals surface area (Å²) >= 11 is 0. The smallest absolute Gasteiger partial charge is 0.319 e. The topological polar surface area (TPSA) is 87.4 Å². The first-order valence-electron chi connectivity index (χ1n) is 8.63. The minimum absolute atomic E-state index is 0.102. The molecular weight excluding hydrogens is 318 g/mol. The van der Waals surface area contributed by atoms with Gasteiger partial charge in [-0.1, -0.05) is 27.2 Å². The monoisotopic (exact) mass is 345 g/mol. The van der Waals surface area contributed by atoms with Gasteiger partial charge in [0, 0.05) is 17.2 Å². The molecule has 2 amide bonds. The van der Waals surface area contributed by atoms with Crippen molar-refractivity contribution in [1.82, 2.24) is 10.3 Å². The number of hydrogen-bond donors (Lipinski definition) is 3. The van der Waals surface area contributed by atoms with Crippen LogP contribution in [0.3, 0.4) is 0 Å². The summed E-state index contributed by atoms with van der Waals surface area (Å²) in [5, 5.41) is 15.1. The number of oxazole rings is 1. The van der Waals surface area contributed by atoms with Crippen LogP contribution in [0, 0.1) is 0 Å². The van der Waals surface area contributed by atoms with Gasteiger partial charge in [0.15, 0.2) is 0 Å². The van der Waals surface area contributed by atoms with E-state index < -0.39 is 5.54 Å². The fraction of sp³-hybridized carbons (Fsp3) is 0.474. The summed E-state index contributed by atoms with van der Waals surface area (Å²) in [4.78, 5) is 16.4. The molecule has 1 atom stereocenters. The van der Waals surface area contributed by atoms with E-state index in [4.69, 9.17) is 4.42 Å². The lowest BCUT2D eigenvalue weighted by Gasteiger charge is -2.28. The maximum absolute atomic E-state index is 12.1. The van der Waals surface area contributed by atoms with Gasteiger partial charge >= 0.3 is 6.03 Å². The minimum Gasteiger partial charge on any atom is -0.441 e. The fourth-order valence-corrected chi connectivity index (χ4v) is 2.55. The Morgan fingerprint density at radius 2 is 2.00 bits per heavy atom. The zero-order valence-corrected chi connectivity index (χ0v) is 15.3. The Balaban J connectivity index is 2.01. The second-order valence-electron chi connectivity index (χ2n) is 6.85. The van der Waals surface area contributed by atoms with Crippen molar-refractivity contribution in [3.63, 3.8) is 0 Å². The fourth-order valence-electron chi connectivity index (χ4n) is 2.55. The molecule has 0 saturated carbocycles. The summed E-state index contributed by atoms with van der Waals surface area (Å²) in [6, 6.07) is 6.95. The number of aromatic nitrogens is 1. The molecule has 2 aromatic rings. The summed E-state index contributed by atoms with van der Waals surface area (Å²) in [5.41, 5.74) is 0.891. The van der Waals surface area contributed by atoms with Crippen LogP contribution in [0.5, 0.6) is 0 Å². The van der Waals surface area contributed by atoms with Crippen LogP contribution in [0.2, 0.25) is 0 Å². The molecule has 0 radical (unpaired) electrons. The quantitative estimate of drug-likeness (QED) is 0.704. The summed E-state index contributed by atoms with van der Waals surface area (Å²) < 4.78 is 5.72. The molecule has 0 bridgehead atoms. The van der Waals surface area contributed by atoms with Crippen LogP contribution in [0.1, 0.15) is 52.2 Å². The third-order valence-corrected chi connectivity index (χ3v) is 4.05. The molecular formula is C19H27N3O3. The molecule has 1 aromatic carbocycles. The molecule has 0 aliphatic heterocycles. The molecule has 25 heavy (non-hydrogen) atoms. The number of urea groups is 1. The van der Waals surface area contributed by atoms with Gasteiger partial charge in [-0.3, -0.25) is 0 Å². The van der Waals surface area contributed by atoms with Crippen molar-refractivity contribution in [2.75, 3.05) is 11.9 Å². The zero-order valence-electron chi connectivity index (χ0n) is 15.3. The van der Waals surface area contributed by atoms with E-state index in [2.05, 4.69) is 29.5 Å². The molecule has 0 aliphatic rings. The Morgan fingerprint density at radius 1 is 1.32 bits per heavy atom. The van der Waals surface area contributed by atoms with Crippen LogP contribution in [0.15, 0.2) is 34.9 Å². The van der Waals surface area contributed by atoms with Gasteiger partial charge < -0.3 is 20.2 Å². The molecule has 136 valence electrons. The second kappa shape index (κ2) is 8.16. The number of anilines is 1. The molecule has 0 saturated heterocycles. The zero-order chi connectivity index (χ0) is 18.4. The van der Waals surface area contributed by atoms with E-state index in [0.717, 1.165) is 17.7 Å². The predicted octanol–water partition coefficient (Wildman–Crippen LogP) is 4.14. The van der Waals surface area contributed by atoms with Crippen molar-refractivity contribution >= 4 is 11.7 Å². The highest BCUT2D eigenvalue weighted by Crippen LogP contribution is 2.24. The van der Waals surface area contributed by atoms with Gasteiger partial charge in [-0.05, 0) is 37.6 Å². The number of rotatable bonds is 7. The van der Waals surface area contributed by atoms with Gasteiger partial charge in [-0.15, -0.1) is 0 Å². The maximum atomic E-state index is 12.1. The van der Waals surface area contributed by atoms with Crippen molar-refractivity contribution in [2.45, 2.75) is 52.0 Å². The van der Waals surface area contributed by atoms with Crippen LogP contribution in [-0.2, 0) is 0 Å². The lowest BCUT2D eigenvalue weighted by atomic mass is 9.98. The molecule has 3 N–H and O–H groups in total. The average molecular weight is 345 g/mol. The SMILES string of the molecule is CCCC(C)(CO)NC(=O)Nc1ccc(-c2ncc(C(C)C)o2)cc1. The Kier molecular flexibility index (Phi) is 6.20. The highest BCUT2D eigenvalue weighted by molar-refractivity contribution is 5.90. The highest BCUT2D eigenvalue weighted by Gasteiger charge is 2.24. The first kappa shape index (κ1) is 19.0. The van der Waals surface area contributed by atoms with Gasteiger partial charge in [0.05, 0.1) is 18.3 Å². The van der Waals surface area contributed by atoms with E-state index in [1.54, 1.807) is 18.3 Å². The van der Waals surface area contributed by atoms with Crippen molar-refractivity contribution in [2.24, 2.45) is 0 Å². The Morgan fingerprint density at radius 3 is 2.52 bits per heavy atom. The molecule has 2 rings (SSSR count). The summed E-state index contributed by atoms with van der Waals surface area (Å²) in [7, 11) is 0. The number of aliphatic hydroxyl groups is 1. The molecule has 1 heterocycles. The van der Waals surface area contributed by atoms with Crippen LogP contribution in [0.4, 0.5) is 10.5 Å². The van der Waals surface area contributed by atoms with E-state index >= 15 is 0 Å². The highest BCUT2D eigenvalue weighted by atomic mass is 16.4. The molecule has 1 unspecified atom stereocenters.